The third kappa shape index (κ3) is 86.3. The molecular formula is C2H4OSe. The Balaban J connectivity index is 3.82. The molecule has 0 spiro atoms. The predicted octanol–water partition coefficient (Wildman–Crippen LogP) is -0.566. The average Bonchev–Trinajstić information content (AvgIpc) is 1.62. The van der Waals surface area contributed by atoms with Gasteiger partial charge >= 0.3 is 37.3 Å². The van der Waals surface area contributed by atoms with Crippen LogP contribution in [0.3, 0.4) is 0 Å². The van der Waals surface area contributed by atoms with Gasteiger partial charge in [-0.1, -0.05) is 0 Å². The van der Waals surface area contributed by atoms with E-state index in [2.05, 4.69) is 0 Å². The summed E-state index contributed by atoms with van der Waals surface area (Å²) in [4.78, 5) is 10.1. The van der Waals surface area contributed by atoms with Crippen LogP contribution in [0.25, 0.3) is 0 Å². The second-order valence-corrected chi connectivity index (χ2v) is 1.07. The van der Waals surface area contributed by atoms with Gasteiger partial charge in [0.2, 0.25) is 0 Å². The summed E-state index contributed by atoms with van der Waals surface area (Å²) in [6.07, 6.45) is 0. The van der Waals surface area contributed by atoms with E-state index in [0.717, 1.165) is 0 Å². The Hall–Kier alpha value is 0.189. The van der Waals surface area contributed by atoms with Gasteiger partial charge in [-0.25, -0.2) is 0 Å². The summed E-state index contributed by atoms with van der Waals surface area (Å²) in [5.74, 6) is 0. The molecule has 0 saturated heterocycles. The Bertz CT molecular complexity index is 96.7. The second-order valence-electron chi connectivity index (χ2n) is 0.287. The van der Waals surface area contributed by atoms with Gasteiger partial charge in [0.05, 0.1) is 0 Å². The number of carbonyl (C=O) groups is 1. The van der Waals surface area contributed by atoms with Crippen LogP contribution < -0.4 is 0 Å². The number of hydrogen-bond acceptors (Lipinski definition) is 1. The molecule has 0 unspecified atom stereocenters. The van der Waals surface area contributed by atoms with Crippen molar-refractivity contribution in [2.45, 2.75) is 6.85 Å². The van der Waals surface area contributed by atoms with E-state index < -0.39 is 27.4 Å². The maximum atomic E-state index is 10.1. The van der Waals surface area contributed by atoms with Crippen LogP contribution in [-0.2, 0) is 4.79 Å². The molecule has 0 N–H and O–H groups in total. The molecule has 0 fully saturated rings. The second kappa shape index (κ2) is 1.50. The first kappa shape index (κ1) is 0.825. The van der Waals surface area contributed by atoms with Crippen molar-refractivity contribution in [3.05, 3.63) is 0 Å². The van der Waals surface area contributed by atoms with Gasteiger partial charge in [0, 0.05) is 0 Å². The van der Waals surface area contributed by atoms with Crippen molar-refractivity contribution >= 4 is 20.6 Å². The normalized spacial score (nSPS) is 24.0. The van der Waals surface area contributed by atoms with Crippen LogP contribution in [0.4, 0.5) is 0 Å². The summed E-state index contributed by atoms with van der Waals surface area (Å²) in [6.45, 7) is -2.54. The van der Waals surface area contributed by atoms with Gasteiger partial charge in [0.15, 0.2) is 0 Å². The molecule has 0 heterocycles. The van der Waals surface area contributed by atoms with Gasteiger partial charge in [-0.05, 0) is 0 Å². The van der Waals surface area contributed by atoms with Gasteiger partial charge in [-0.3, -0.25) is 0 Å². The molecule has 0 aliphatic rings. The van der Waals surface area contributed by atoms with E-state index in [-0.39, 0.29) is 0 Å². The molecule has 1 nitrogen and oxygen atoms in total. The first-order chi connectivity index (χ1) is 3.48. The summed E-state index contributed by atoms with van der Waals surface area (Å²) in [5, 5.41) is 0. The summed E-state index contributed by atoms with van der Waals surface area (Å²) in [5.41, 5.74) is 0. The molecule has 0 aliphatic heterocycles. The van der Waals surface area contributed by atoms with E-state index in [1.807, 2.05) is 0 Å². The zero-order valence-corrected chi connectivity index (χ0v) is 3.53. The molecule has 0 amide bonds. The first-order valence-corrected chi connectivity index (χ1v) is 1.51. The van der Waals surface area contributed by atoms with Crippen LogP contribution in [0, 0.1) is 0 Å². The first-order valence-electron chi connectivity index (χ1n) is 2.57. The quantitative estimate of drug-likeness (QED) is 0.431. The Labute approximate surface area is 38.3 Å². The summed E-state index contributed by atoms with van der Waals surface area (Å²) in [6, 6.07) is 0. The van der Waals surface area contributed by atoms with Crippen molar-refractivity contribution in [1.29, 1.82) is 0.954 Å². The Morgan fingerprint density at radius 1 is 2.75 bits per heavy atom. The van der Waals surface area contributed by atoms with Crippen molar-refractivity contribution in [2.75, 3.05) is 0 Å². The SMILES string of the molecule is [2H][Se]C(=O)C([2H])([2H])[2H]. The molecule has 0 aromatic heterocycles. The molecule has 0 radical (unpaired) electrons. The topological polar surface area (TPSA) is 17.1 Å². The third-order valence-electron chi connectivity index (χ3n) is 0. The van der Waals surface area contributed by atoms with Gasteiger partial charge in [0.25, 0.3) is 0 Å². The molecule has 4 heavy (non-hydrogen) atoms. The van der Waals surface area contributed by atoms with Crippen LogP contribution in [-0.4, -0.2) is 21.5 Å². The van der Waals surface area contributed by atoms with Gasteiger partial charge in [0.1, 0.15) is 0 Å². The fraction of sp³-hybridized carbons (Fsp3) is 0.500. The van der Waals surface area contributed by atoms with Crippen LogP contribution in [0.2, 0.25) is 0 Å². The fourth-order valence-corrected chi connectivity index (χ4v) is 0. The van der Waals surface area contributed by atoms with Crippen molar-refractivity contribution in [2.24, 2.45) is 0 Å². The molecule has 0 aliphatic carbocycles. The molecule has 0 rings (SSSR count). The van der Waals surface area contributed by atoms with Crippen LogP contribution in [0.1, 0.15) is 11.0 Å². The Morgan fingerprint density at radius 2 is 3.50 bits per heavy atom. The van der Waals surface area contributed by atoms with E-state index in [1.165, 1.54) is 0 Å². The standard InChI is InChI=1S/C2H4OSe/c1-2(3)4/h1H3,(H,3,4)/i1D3/hD. The summed E-state index contributed by atoms with van der Waals surface area (Å²) in [7, 11) is 0. The molecule has 0 atom stereocenters. The number of carbonyl (C=O) groups excluding carboxylic acids is 1. The molecule has 0 aromatic carbocycles. The van der Waals surface area contributed by atoms with Crippen molar-refractivity contribution in [3.63, 3.8) is 0 Å². The Morgan fingerprint density at radius 3 is 3.50 bits per heavy atom. The van der Waals surface area contributed by atoms with Crippen molar-refractivity contribution in [1.82, 2.24) is 0 Å². The maximum absolute atomic E-state index is 10.1. The van der Waals surface area contributed by atoms with E-state index in [4.69, 9.17) is 5.07 Å². The Kier molecular flexibility index (Phi) is 0.310. The molecule has 0 aromatic rings. The predicted molar refractivity (Wildman–Crippen MR) is 17.8 cm³/mol. The van der Waals surface area contributed by atoms with Gasteiger partial charge in [-0.15, -0.1) is 0 Å². The van der Waals surface area contributed by atoms with E-state index in [9.17, 15) is 4.79 Å². The van der Waals surface area contributed by atoms with E-state index >= 15 is 0 Å². The van der Waals surface area contributed by atoms with Crippen LogP contribution >= 0.6 is 0 Å². The number of hydrogen-bond donors (Lipinski definition) is 0. The number of rotatable bonds is 1. The summed E-state index contributed by atoms with van der Waals surface area (Å²) < 4.78 is 24.7. The zero-order valence-electron chi connectivity index (χ0n) is 5.82. The van der Waals surface area contributed by atoms with Gasteiger partial charge < -0.3 is 0 Å². The van der Waals surface area contributed by atoms with Crippen LogP contribution in [0.15, 0.2) is 0 Å². The molecular weight excluding hydrogens is 119 g/mol. The van der Waals surface area contributed by atoms with Crippen molar-refractivity contribution in [3.8, 4) is 0 Å². The van der Waals surface area contributed by atoms with Gasteiger partial charge in [-0.2, -0.15) is 0 Å². The molecule has 24 valence electrons. The summed E-state index contributed by atoms with van der Waals surface area (Å²) >= 11 is -1.13. The van der Waals surface area contributed by atoms with E-state index in [0.29, 0.717) is 0 Å². The minimum absolute atomic E-state index is 0.940. The monoisotopic (exact) mass is 128 g/mol. The third-order valence-corrected chi connectivity index (χ3v) is 0. The fourth-order valence-electron chi connectivity index (χ4n) is 0. The van der Waals surface area contributed by atoms with E-state index in [1.54, 1.807) is 0 Å². The molecule has 0 bridgehead atoms. The zero-order chi connectivity index (χ0) is 6.78. The van der Waals surface area contributed by atoms with Crippen molar-refractivity contribution < 1.29 is 8.91 Å². The van der Waals surface area contributed by atoms with Crippen LogP contribution in [0.5, 0.6) is 0 Å². The average molecular weight is 127 g/mol. The molecule has 2 heteroatoms. The molecule has 0 saturated carbocycles. The minimum atomic E-state index is -2.54.